The predicted molar refractivity (Wildman–Crippen MR) is 93.8 cm³/mol. The van der Waals surface area contributed by atoms with Gasteiger partial charge in [0, 0.05) is 11.9 Å². The van der Waals surface area contributed by atoms with Crippen molar-refractivity contribution in [2.24, 2.45) is 0 Å². The Morgan fingerprint density at radius 3 is 2.68 bits per heavy atom. The number of rotatable bonds is 6. The normalized spacial score (nSPS) is 10.4. The van der Waals surface area contributed by atoms with Gasteiger partial charge in [-0.05, 0) is 49.4 Å². The first kappa shape index (κ1) is 16.5. The van der Waals surface area contributed by atoms with E-state index in [1.54, 1.807) is 41.0 Å². The minimum absolute atomic E-state index is 0.139. The van der Waals surface area contributed by atoms with Crippen molar-refractivity contribution in [3.63, 3.8) is 0 Å². The van der Waals surface area contributed by atoms with Gasteiger partial charge in [0.05, 0.1) is 18.7 Å². The summed E-state index contributed by atoms with van der Waals surface area (Å²) in [6.07, 6.45) is 1.75. The second kappa shape index (κ2) is 7.48. The third kappa shape index (κ3) is 4.14. The Kier molecular flexibility index (Phi) is 4.94. The van der Waals surface area contributed by atoms with Gasteiger partial charge in [-0.3, -0.25) is 9.59 Å². The molecule has 0 saturated carbocycles. The molecule has 0 fully saturated rings. The maximum absolute atomic E-state index is 12.1. The molecule has 0 aliphatic rings. The van der Waals surface area contributed by atoms with Crippen LogP contribution in [-0.2, 0) is 4.79 Å². The summed E-state index contributed by atoms with van der Waals surface area (Å²) in [5.74, 6) is 0.0208. The van der Waals surface area contributed by atoms with Gasteiger partial charge in [-0.15, -0.1) is 0 Å². The Morgan fingerprint density at radius 1 is 1.16 bits per heavy atom. The molecule has 0 spiro atoms. The summed E-state index contributed by atoms with van der Waals surface area (Å²) in [5.41, 5.74) is 1.71. The Balaban J connectivity index is 1.53. The fraction of sp³-hybridized carbons (Fsp3) is 0.167. The molecule has 0 saturated heterocycles. The van der Waals surface area contributed by atoms with Crippen LogP contribution in [0.2, 0.25) is 0 Å². The summed E-state index contributed by atoms with van der Waals surface area (Å²) in [4.78, 5) is 24.1. The van der Waals surface area contributed by atoms with E-state index < -0.39 is 5.91 Å². The van der Waals surface area contributed by atoms with Crippen molar-refractivity contribution in [1.29, 1.82) is 0 Å². The van der Waals surface area contributed by atoms with Crippen molar-refractivity contribution >= 4 is 23.0 Å². The molecule has 2 aromatic heterocycles. The third-order valence-corrected chi connectivity index (χ3v) is 3.46. The monoisotopic (exact) mass is 338 g/mol. The van der Waals surface area contributed by atoms with Crippen LogP contribution in [0.5, 0.6) is 5.75 Å². The van der Waals surface area contributed by atoms with Gasteiger partial charge < -0.3 is 15.4 Å². The van der Waals surface area contributed by atoms with E-state index in [2.05, 4.69) is 15.7 Å². The molecular formula is C18H18N4O3. The van der Waals surface area contributed by atoms with E-state index in [1.165, 1.54) is 0 Å². The predicted octanol–water partition coefficient (Wildman–Crippen LogP) is 2.10. The Bertz CT molecular complexity index is 854. The van der Waals surface area contributed by atoms with E-state index >= 15 is 0 Å². The van der Waals surface area contributed by atoms with E-state index in [0.717, 1.165) is 11.3 Å². The average Bonchev–Trinajstić information content (AvgIpc) is 3.06. The maximum atomic E-state index is 12.1. The van der Waals surface area contributed by atoms with Gasteiger partial charge in [-0.2, -0.15) is 5.10 Å². The quantitative estimate of drug-likeness (QED) is 0.721. The number of nitrogens with zero attached hydrogens (tertiary/aromatic N) is 2. The first-order valence-corrected chi connectivity index (χ1v) is 7.91. The second-order valence-corrected chi connectivity index (χ2v) is 5.29. The van der Waals surface area contributed by atoms with Crippen LogP contribution in [0.25, 0.3) is 5.52 Å². The number of aromatic nitrogens is 2. The van der Waals surface area contributed by atoms with Crippen LogP contribution >= 0.6 is 0 Å². The molecule has 2 N–H and O–H groups in total. The molecule has 0 bridgehead atoms. The Hall–Kier alpha value is -3.35. The largest absolute Gasteiger partial charge is 0.494 e. The maximum Gasteiger partial charge on any atom is 0.272 e. The van der Waals surface area contributed by atoms with Gasteiger partial charge in [0.1, 0.15) is 5.75 Å². The van der Waals surface area contributed by atoms with Crippen LogP contribution in [0, 0.1) is 0 Å². The molecular weight excluding hydrogens is 320 g/mol. The highest BCUT2D eigenvalue weighted by atomic mass is 16.5. The van der Waals surface area contributed by atoms with Crippen LogP contribution in [-0.4, -0.2) is 34.6 Å². The molecule has 0 aliphatic carbocycles. The summed E-state index contributed by atoms with van der Waals surface area (Å²) in [6, 6.07) is 14.2. The van der Waals surface area contributed by atoms with Crippen molar-refractivity contribution in [1.82, 2.24) is 14.9 Å². The Morgan fingerprint density at radius 2 is 1.96 bits per heavy atom. The number of nitrogens with one attached hydrogen (secondary N) is 2. The molecule has 0 radical (unpaired) electrons. The number of carbonyl (C=O) groups excluding carboxylic acids is 2. The Labute approximate surface area is 144 Å². The number of pyridine rings is 1. The average molecular weight is 338 g/mol. The molecule has 25 heavy (non-hydrogen) atoms. The minimum atomic E-state index is -0.398. The topological polar surface area (TPSA) is 84.7 Å². The van der Waals surface area contributed by atoms with E-state index in [9.17, 15) is 9.59 Å². The minimum Gasteiger partial charge on any atom is -0.494 e. The number of fused-ring (bicyclic) bond motifs is 1. The molecule has 128 valence electrons. The van der Waals surface area contributed by atoms with E-state index in [4.69, 9.17) is 4.74 Å². The van der Waals surface area contributed by atoms with Gasteiger partial charge in [-0.1, -0.05) is 6.07 Å². The molecule has 7 heteroatoms. The molecule has 0 atom stereocenters. The van der Waals surface area contributed by atoms with Crippen molar-refractivity contribution in [3.05, 3.63) is 60.4 Å². The summed E-state index contributed by atoms with van der Waals surface area (Å²) < 4.78 is 6.95. The van der Waals surface area contributed by atoms with Gasteiger partial charge in [0.15, 0.2) is 5.69 Å². The van der Waals surface area contributed by atoms with Crippen molar-refractivity contribution in [3.8, 4) is 5.75 Å². The number of hydrogen-bond donors (Lipinski definition) is 2. The number of hydrogen-bond acceptors (Lipinski definition) is 4. The van der Waals surface area contributed by atoms with Crippen LogP contribution in [0.3, 0.4) is 0 Å². The lowest BCUT2D eigenvalue weighted by Crippen LogP contribution is -2.33. The first-order chi connectivity index (χ1) is 12.2. The lowest BCUT2D eigenvalue weighted by atomic mass is 10.3. The number of benzene rings is 1. The molecule has 1 aromatic carbocycles. The molecule has 3 rings (SSSR count). The van der Waals surface area contributed by atoms with Gasteiger partial charge in [0.25, 0.3) is 5.91 Å². The van der Waals surface area contributed by atoms with Gasteiger partial charge >= 0.3 is 0 Å². The number of anilines is 1. The highest BCUT2D eigenvalue weighted by Crippen LogP contribution is 2.15. The summed E-state index contributed by atoms with van der Waals surface area (Å²) in [5, 5.41) is 9.43. The molecule has 3 aromatic rings. The van der Waals surface area contributed by atoms with E-state index in [1.807, 2.05) is 25.1 Å². The van der Waals surface area contributed by atoms with Crippen LogP contribution in [0.1, 0.15) is 17.4 Å². The fourth-order valence-electron chi connectivity index (χ4n) is 2.31. The summed E-state index contributed by atoms with van der Waals surface area (Å²) >= 11 is 0. The molecule has 0 unspecified atom stereocenters. The second-order valence-electron chi connectivity index (χ2n) is 5.29. The zero-order valence-electron chi connectivity index (χ0n) is 13.7. The highest BCUT2D eigenvalue weighted by Gasteiger charge is 2.12. The van der Waals surface area contributed by atoms with Gasteiger partial charge in [-0.25, -0.2) is 4.52 Å². The zero-order valence-corrected chi connectivity index (χ0v) is 13.7. The summed E-state index contributed by atoms with van der Waals surface area (Å²) in [7, 11) is 0. The molecule has 2 amide bonds. The molecule has 0 aliphatic heterocycles. The van der Waals surface area contributed by atoms with Crippen LogP contribution in [0.15, 0.2) is 54.7 Å². The number of amides is 2. The molecule has 7 nitrogen and oxygen atoms in total. The first-order valence-electron chi connectivity index (χ1n) is 7.91. The van der Waals surface area contributed by atoms with Crippen LogP contribution in [0.4, 0.5) is 5.69 Å². The third-order valence-electron chi connectivity index (χ3n) is 3.46. The van der Waals surface area contributed by atoms with E-state index in [0.29, 0.717) is 12.3 Å². The van der Waals surface area contributed by atoms with Gasteiger partial charge in [0.2, 0.25) is 5.91 Å². The molecule has 2 heterocycles. The fourth-order valence-corrected chi connectivity index (χ4v) is 2.31. The lowest BCUT2D eigenvalue weighted by Gasteiger charge is -2.07. The highest BCUT2D eigenvalue weighted by molar-refractivity contribution is 5.98. The van der Waals surface area contributed by atoms with Crippen molar-refractivity contribution in [2.45, 2.75) is 6.92 Å². The number of ether oxygens (including phenoxy) is 1. The number of carbonyl (C=O) groups is 2. The standard InChI is InChI=1S/C18H18N4O3/c1-2-25-15-8-6-13(7-9-15)20-17(23)12-19-18(24)16-11-14-5-3-4-10-22(14)21-16/h3-11H,2,12H2,1H3,(H,19,24)(H,20,23). The van der Waals surface area contributed by atoms with E-state index in [-0.39, 0.29) is 18.1 Å². The van der Waals surface area contributed by atoms with Crippen molar-refractivity contribution < 1.29 is 14.3 Å². The summed E-state index contributed by atoms with van der Waals surface area (Å²) in [6.45, 7) is 2.35. The lowest BCUT2D eigenvalue weighted by molar-refractivity contribution is -0.115. The smallest absolute Gasteiger partial charge is 0.272 e. The SMILES string of the molecule is CCOc1ccc(NC(=O)CNC(=O)c2cc3ccccn3n2)cc1. The zero-order chi connectivity index (χ0) is 17.6. The van der Waals surface area contributed by atoms with Crippen molar-refractivity contribution in [2.75, 3.05) is 18.5 Å². The van der Waals surface area contributed by atoms with Crippen LogP contribution < -0.4 is 15.4 Å².